The highest BCUT2D eigenvalue weighted by Gasteiger charge is 2.31. The van der Waals surface area contributed by atoms with E-state index in [2.05, 4.69) is 22.3 Å². The number of amides is 2. The van der Waals surface area contributed by atoms with Crippen LogP contribution in [0.25, 0.3) is 0 Å². The molecule has 3 aromatic rings. The molecule has 0 saturated carbocycles. The third-order valence-corrected chi connectivity index (χ3v) is 10.9. The summed E-state index contributed by atoms with van der Waals surface area (Å²) in [6.45, 7) is 12.1. The van der Waals surface area contributed by atoms with Crippen molar-refractivity contribution >= 4 is 38.2 Å². The Balaban J connectivity index is 1.58. The lowest BCUT2D eigenvalue weighted by molar-refractivity contribution is 0.0772. The molecule has 0 saturated heterocycles. The number of carbonyl (C=O) groups excluding carboxylic acids is 2. The molecule has 8 nitrogen and oxygen atoms in total. The van der Waals surface area contributed by atoms with E-state index >= 15 is 0 Å². The molecule has 4 rings (SSSR count). The Kier molecular flexibility index (Phi) is 10.9. The molecule has 1 aliphatic rings. The summed E-state index contributed by atoms with van der Waals surface area (Å²) >= 11 is 1.46. The van der Waals surface area contributed by atoms with Gasteiger partial charge in [0.25, 0.3) is 11.8 Å². The molecule has 0 unspecified atom stereocenters. The van der Waals surface area contributed by atoms with Crippen LogP contribution in [-0.4, -0.2) is 67.1 Å². The second-order valence-electron chi connectivity index (χ2n) is 10.5. The minimum atomic E-state index is -3.64. The Morgan fingerprint density at radius 3 is 2.26 bits per heavy atom. The normalized spacial score (nSPS) is 13.6. The fourth-order valence-electron chi connectivity index (χ4n) is 5.30. The SMILES string of the molecule is CCCCN(CC)S(=O)(=O)c1ccc(C(=O)Nc2sc3c(c2C(=O)N(CC)CC)CCN(Cc2ccccc2)C3)cc1. The summed E-state index contributed by atoms with van der Waals surface area (Å²) in [5, 5.41) is 3.56. The van der Waals surface area contributed by atoms with Crippen molar-refractivity contribution < 1.29 is 18.0 Å². The van der Waals surface area contributed by atoms with Gasteiger partial charge in [0.15, 0.2) is 0 Å². The molecule has 2 heterocycles. The number of anilines is 1. The van der Waals surface area contributed by atoms with Gasteiger partial charge < -0.3 is 10.2 Å². The molecular weight excluding hydrogens is 569 g/mol. The predicted octanol–water partition coefficient (Wildman–Crippen LogP) is 5.85. The number of nitrogens with one attached hydrogen (secondary N) is 1. The lowest BCUT2D eigenvalue weighted by atomic mass is 10.0. The van der Waals surface area contributed by atoms with Crippen LogP contribution in [0, 0.1) is 0 Å². The van der Waals surface area contributed by atoms with E-state index in [0.29, 0.717) is 48.9 Å². The van der Waals surface area contributed by atoms with Crippen LogP contribution in [0.3, 0.4) is 0 Å². The molecular formula is C32H42N4O4S2. The summed E-state index contributed by atoms with van der Waals surface area (Å²) in [5.74, 6) is -0.442. The largest absolute Gasteiger partial charge is 0.339 e. The Hall–Kier alpha value is -3.05. The molecule has 0 fully saturated rings. The average molecular weight is 611 g/mol. The highest BCUT2D eigenvalue weighted by atomic mass is 32.2. The van der Waals surface area contributed by atoms with Crippen molar-refractivity contribution in [2.45, 2.75) is 64.9 Å². The molecule has 0 spiro atoms. The second-order valence-corrected chi connectivity index (χ2v) is 13.5. The number of unbranched alkanes of at least 4 members (excludes halogenated alkanes) is 1. The van der Waals surface area contributed by atoms with Gasteiger partial charge in [-0.05, 0) is 62.1 Å². The fraction of sp³-hybridized carbons (Fsp3) is 0.438. The zero-order chi connectivity index (χ0) is 30.3. The average Bonchev–Trinajstić information content (AvgIpc) is 3.35. The van der Waals surface area contributed by atoms with Crippen LogP contribution in [0.15, 0.2) is 59.5 Å². The summed E-state index contributed by atoms with van der Waals surface area (Å²) in [4.78, 5) is 32.5. The van der Waals surface area contributed by atoms with Crippen molar-refractivity contribution in [2.75, 3.05) is 38.0 Å². The predicted molar refractivity (Wildman–Crippen MR) is 170 cm³/mol. The molecule has 1 aromatic heterocycles. The maximum atomic E-state index is 13.7. The molecule has 2 aromatic carbocycles. The number of benzene rings is 2. The van der Waals surface area contributed by atoms with E-state index < -0.39 is 10.0 Å². The summed E-state index contributed by atoms with van der Waals surface area (Å²) in [6.07, 6.45) is 2.42. The number of hydrogen-bond donors (Lipinski definition) is 1. The molecule has 1 N–H and O–H groups in total. The third kappa shape index (κ3) is 7.11. The third-order valence-electron chi connectivity index (χ3n) is 7.74. The van der Waals surface area contributed by atoms with Crippen LogP contribution < -0.4 is 5.32 Å². The van der Waals surface area contributed by atoms with Crippen LogP contribution in [0.4, 0.5) is 5.00 Å². The van der Waals surface area contributed by atoms with Gasteiger partial charge in [-0.3, -0.25) is 14.5 Å². The molecule has 0 atom stereocenters. The zero-order valence-corrected chi connectivity index (χ0v) is 26.7. The number of rotatable bonds is 13. The van der Waals surface area contributed by atoms with Gasteiger partial charge in [-0.2, -0.15) is 4.31 Å². The summed E-state index contributed by atoms with van der Waals surface area (Å²) in [6, 6.07) is 16.4. The van der Waals surface area contributed by atoms with Gasteiger partial charge in [-0.1, -0.05) is 50.6 Å². The van der Waals surface area contributed by atoms with Crippen molar-refractivity contribution in [3.8, 4) is 0 Å². The Morgan fingerprint density at radius 2 is 1.64 bits per heavy atom. The van der Waals surface area contributed by atoms with E-state index in [9.17, 15) is 18.0 Å². The van der Waals surface area contributed by atoms with Gasteiger partial charge >= 0.3 is 0 Å². The highest BCUT2D eigenvalue weighted by molar-refractivity contribution is 7.89. The van der Waals surface area contributed by atoms with Gasteiger partial charge in [0.05, 0.1) is 10.5 Å². The van der Waals surface area contributed by atoms with Crippen LogP contribution in [-0.2, 0) is 29.5 Å². The lowest BCUT2D eigenvalue weighted by Gasteiger charge is -2.28. The Morgan fingerprint density at radius 1 is 0.952 bits per heavy atom. The number of nitrogens with zero attached hydrogens (tertiary/aromatic N) is 3. The minimum Gasteiger partial charge on any atom is -0.339 e. The Labute approximate surface area is 254 Å². The van der Waals surface area contributed by atoms with E-state index in [4.69, 9.17) is 0 Å². The molecule has 0 aliphatic carbocycles. The van der Waals surface area contributed by atoms with E-state index in [0.717, 1.165) is 42.8 Å². The van der Waals surface area contributed by atoms with E-state index in [1.54, 1.807) is 4.90 Å². The van der Waals surface area contributed by atoms with Crippen molar-refractivity contribution in [2.24, 2.45) is 0 Å². The summed E-state index contributed by atoms with van der Waals surface area (Å²) in [5.41, 5.74) is 3.18. The van der Waals surface area contributed by atoms with Crippen molar-refractivity contribution in [1.82, 2.24) is 14.1 Å². The first-order valence-electron chi connectivity index (χ1n) is 14.8. The Bertz CT molecular complexity index is 1470. The standard InChI is InChI=1S/C32H42N4O4S2/c1-5-9-20-36(8-4)42(39,40)26-17-15-25(16-18-26)30(37)33-31-29(32(38)35(6-2)7-3)27-19-21-34(23-28(27)41-31)22-24-13-11-10-12-14-24/h10-18H,5-9,19-23H2,1-4H3,(H,33,37). The van der Waals surface area contributed by atoms with Crippen LogP contribution in [0.1, 0.15) is 77.3 Å². The second kappa shape index (κ2) is 14.4. The maximum absolute atomic E-state index is 13.7. The number of carbonyl (C=O) groups is 2. The van der Waals surface area contributed by atoms with Gasteiger partial charge in [-0.15, -0.1) is 11.3 Å². The van der Waals surface area contributed by atoms with Gasteiger partial charge in [-0.25, -0.2) is 8.42 Å². The van der Waals surface area contributed by atoms with Crippen LogP contribution >= 0.6 is 11.3 Å². The molecule has 0 radical (unpaired) electrons. The van der Waals surface area contributed by atoms with E-state index in [-0.39, 0.29) is 16.7 Å². The monoisotopic (exact) mass is 610 g/mol. The molecule has 0 bridgehead atoms. The van der Waals surface area contributed by atoms with Crippen LogP contribution in [0.2, 0.25) is 0 Å². The molecule has 42 heavy (non-hydrogen) atoms. The first kappa shape index (κ1) is 31.9. The number of sulfonamides is 1. The first-order valence-corrected chi connectivity index (χ1v) is 17.1. The number of fused-ring (bicyclic) bond motifs is 1. The molecule has 1 aliphatic heterocycles. The molecule has 2 amide bonds. The highest BCUT2D eigenvalue weighted by Crippen LogP contribution is 2.38. The van der Waals surface area contributed by atoms with Crippen molar-refractivity contribution in [3.63, 3.8) is 0 Å². The quantitative estimate of drug-likeness (QED) is 0.262. The van der Waals surface area contributed by atoms with Crippen molar-refractivity contribution in [1.29, 1.82) is 0 Å². The topological polar surface area (TPSA) is 90.0 Å². The fourth-order valence-corrected chi connectivity index (χ4v) is 8.07. The number of thiophene rings is 1. The van der Waals surface area contributed by atoms with Crippen LogP contribution in [0.5, 0.6) is 0 Å². The summed E-state index contributed by atoms with van der Waals surface area (Å²) < 4.78 is 27.7. The van der Waals surface area contributed by atoms with Gasteiger partial charge in [0, 0.05) is 56.3 Å². The first-order chi connectivity index (χ1) is 20.2. The summed E-state index contributed by atoms with van der Waals surface area (Å²) in [7, 11) is -3.64. The zero-order valence-electron chi connectivity index (χ0n) is 25.1. The van der Waals surface area contributed by atoms with E-state index in [1.807, 2.05) is 45.9 Å². The minimum absolute atomic E-state index is 0.0718. The van der Waals surface area contributed by atoms with Crippen molar-refractivity contribution in [3.05, 3.63) is 81.7 Å². The van der Waals surface area contributed by atoms with Gasteiger partial charge in [0.1, 0.15) is 5.00 Å². The van der Waals surface area contributed by atoms with Gasteiger partial charge in [0.2, 0.25) is 10.0 Å². The van der Waals surface area contributed by atoms with E-state index in [1.165, 1.54) is 45.5 Å². The number of hydrogen-bond acceptors (Lipinski definition) is 6. The molecule has 226 valence electrons. The smallest absolute Gasteiger partial charge is 0.257 e. The lowest BCUT2D eigenvalue weighted by Crippen LogP contribution is -2.33. The molecule has 10 heteroatoms. The maximum Gasteiger partial charge on any atom is 0.257 e.